The molecule has 0 spiro atoms. The molecule has 0 rings (SSSR count). The lowest BCUT2D eigenvalue weighted by molar-refractivity contribution is 0.753. The van der Waals surface area contributed by atoms with Gasteiger partial charge in [0.1, 0.15) is 0 Å². The van der Waals surface area contributed by atoms with Crippen molar-refractivity contribution < 1.29 is 0 Å². The number of nitrogens with two attached hydrogens (primary N) is 1. The van der Waals surface area contributed by atoms with E-state index < -0.39 is 0 Å². The summed E-state index contributed by atoms with van der Waals surface area (Å²) in [6.07, 6.45) is 3.90. The fourth-order valence-corrected chi connectivity index (χ4v) is 0.560. The van der Waals surface area contributed by atoms with Crippen molar-refractivity contribution in [1.29, 1.82) is 0 Å². The van der Waals surface area contributed by atoms with Crippen molar-refractivity contribution in [2.24, 2.45) is 5.73 Å². The lowest BCUT2D eigenvalue weighted by Gasteiger charge is -1.94. The summed E-state index contributed by atoms with van der Waals surface area (Å²) in [7, 11) is 0. The summed E-state index contributed by atoms with van der Waals surface area (Å²) < 4.78 is 0. The van der Waals surface area contributed by atoms with Gasteiger partial charge in [-0.05, 0) is 0 Å². The normalized spacial score (nSPS) is 10.9. The van der Waals surface area contributed by atoms with Crippen LogP contribution in [-0.2, 0) is 0 Å². The van der Waals surface area contributed by atoms with Crippen molar-refractivity contribution in [3.63, 3.8) is 0 Å². The maximum absolute atomic E-state index is 5.38. The van der Waals surface area contributed by atoms with Crippen LogP contribution in [0.5, 0.6) is 0 Å². The zero-order valence-electron chi connectivity index (χ0n) is 5.44. The van der Waals surface area contributed by atoms with E-state index in [-0.39, 0.29) is 0 Å². The van der Waals surface area contributed by atoms with E-state index in [1.807, 2.05) is 12.2 Å². The van der Waals surface area contributed by atoms with E-state index in [1.54, 1.807) is 0 Å². The van der Waals surface area contributed by atoms with Gasteiger partial charge in [-0.3, -0.25) is 0 Å². The molecule has 0 bridgehead atoms. The maximum atomic E-state index is 5.38. The third-order valence-corrected chi connectivity index (χ3v) is 1.02. The average molecular weight is 149 g/mol. The Morgan fingerprint density at radius 3 is 2.78 bits per heavy atom. The van der Waals surface area contributed by atoms with Crippen LogP contribution in [0.1, 0.15) is 0 Å². The van der Waals surface area contributed by atoms with Crippen LogP contribution >= 0.6 is 11.6 Å². The molecule has 0 saturated carbocycles. The number of halogens is 1. The van der Waals surface area contributed by atoms with Crippen LogP contribution in [0.4, 0.5) is 0 Å². The Hall–Kier alpha value is -0.0500. The average Bonchev–Trinajstić information content (AvgIpc) is 1.89. The van der Waals surface area contributed by atoms with E-state index in [4.69, 9.17) is 17.3 Å². The first-order valence-electron chi connectivity index (χ1n) is 3.03. The zero-order chi connectivity index (χ0) is 6.95. The van der Waals surface area contributed by atoms with Gasteiger partial charge in [0.2, 0.25) is 0 Å². The van der Waals surface area contributed by atoms with Gasteiger partial charge in [-0.15, -0.1) is 11.6 Å². The zero-order valence-corrected chi connectivity index (χ0v) is 6.19. The van der Waals surface area contributed by atoms with Gasteiger partial charge < -0.3 is 11.1 Å². The van der Waals surface area contributed by atoms with E-state index in [9.17, 15) is 0 Å². The standard InChI is InChI=1S/C6H13ClN2/c7-3-1-2-5-9-6-4-8/h1-2,9H,3-6,8H2/b2-1+. The van der Waals surface area contributed by atoms with Crippen LogP contribution in [0.15, 0.2) is 12.2 Å². The smallest absolute Gasteiger partial charge is 0.0404 e. The van der Waals surface area contributed by atoms with E-state index in [0.717, 1.165) is 13.1 Å². The van der Waals surface area contributed by atoms with Crippen LogP contribution in [0.3, 0.4) is 0 Å². The third-order valence-electron chi connectivity index (χ3n) is 0.839. The SMILES string of the molecule is NCCNC/C=C/CCl. The summed E-state index contributed by atoms with van der Waals surface area (Å²) in [4.78, 5) is 0. The molecule has 54 valence electrons. The highest BCUT2D eigenvalue weighted by atomic mass is 35.5. The van der Waals surface area contributed by atoms with Crippen LogP contribution < -0.4 is 11.1 Å². The second kappa shape index (κ2) is 7.95. The molecule has 0 aliphatic carbocycles. The minimum Gasteiger partial charge on any atom is -0.329 e. The molecule has 0 aromatic rings. The summed E-state index contributed by atoms with van der Waals surface area (Å²) in [5.41, 5.74) is 5.23. The Morgan fingerprint density at radius 1 is 1.44 bits per heavy atom. The largest absolute Gasteiger partial charge is 0.329 e. The number of allylic oxidation sites excluding steroid dienone is 1. The highest BCUT2D eigenvalue weighted by Crippen LogP contribution is 1.75. The van der Waals surface area contributed by atoms with E-state index in [2.05, 4.69) is 5.32 Å². The predicted octanol–water partition coefficient (Wildman–Crippen LogP) is 0.330. The first-order valence-corrected chi connectivity index (χ1v) is 3.57. The summed E-state index contributed by atoms with van der Waals surface area (Å²) in [5, 5.41) is 3.10. The van der Waals surface area contributed by atoms with Gasteiger partial charge in [0.25, 0.3) is 0 Å². The van der Waals surface area contributed by atoms with E-state index >= 15 is 0 Å². The predicted molar refractivity (Wildman–Crippen MR) is 41.8 cm³/mol. The molecule has 0 radical (unpaired) electrons. The number of hydrogen-bond donors (Lipinski definition) is 2. The summed E-state index contributed by atoms with van der Waals surface area (Å²) >= 11 is 5.38. The molecular formula is C6H13ClN2. The topological polar surface area (TPSA) is 38.0 Å². The Balaban J connectivity index is 2.82. The molecule has 3 N–H and O–H groups in total. The molecule has 0 aromatic carbocycles. The van der Waals surface area contributed by atoms with Gasteiger partial charge in [0.15, 0.2) is 0 Å². The number of nitrogens with one attached hydrogen (secondary N) is 1. The summed E-state index contributed by atoms with van der Waals surface area (Å²) in [6.45, 7) is 2.42. The molecule has 2 nitrogen and oxygen atoms in total. The molecule has 0 atom stereocenters. The van der Waals surface area contributed by atoms with Gasteiger partial charge in [-0.2, -0.15) is 0 Å². The van der Waals surface area contributed by atoms with Crippen molar-refractivity contribution in [3.05, 3.63) is 12.2 Å². The molecule has 0 saturated heterocycles. The molecule has 0 amide bonds. The van der Waals surface area contributed by atoms with Crippen LogP contribution in [0.2, 0.25) is 0 Å². The lowest BCUT2D eigenvalue weighted by atomic mass is 10.5. The third kappa shape index (κ3) is 7.95. The van der Waals surface area contributed by atoms with Gasteiger partial charge in [0, 0.05) is 25.5 Å². The molecule has 0 aliphatic rings. The van der Waals surface area contributed by atoms with Crippen molar-refractivity contribution in [2.75, 3.05) is 25.5 Å². The monoisotopic (exact) mass is 148 g/mol. The molecule has 0 unspecified atom stereocenters. The van der Waals surface area contributed by atoms with Gasteiger partial charge in [-0.1, -0.05) is 12.2 Å². The second-order valence-electron chi connectivity index (χ2n) is 1.62. The fraction of sp³-hybridized carbons (Fsp3) is 0.667. The van der Waals surface area contributed by atoms with Gasteiger partial charge in [-0.25, -0.2) is 0 Å². The molecule has 0 aliphatic heterocycles. The first kappa shape index (κ1) is 8.95. The minimum absolute atomic E-state index is 0.588. The Labute approximate surface area is 61.1 Å². The summed E-state index contributed by atoms with van der Waals surface area (Å²) in [5.74, 6) is 0.588. The molecule has 9 heavy (non-hydrogen) atoms. The van der Waals surface area contributed by atoms with Crippen molar-refractivity contribution in [1.82, 2.24) is 5.32 Å². The first-order chi connectivity index (χ1) is 4.41. The van der Waals surface area contributed by atoms with Crippen LogP contribution in [0, 0.1) is 0 Å². The number of hydrogen-bond acceptors (Lipinski definition) is 2. The van der Waals surface area contributed by atoms with Crippen molar-refractivity contribution in [2.45, 2.75) is 0 Å². The molecular weight excluding hydrogens is 136 g/mol. The summed E-state index contributed by atoms with van der Waals surface area (Å²) in [6, 6.07) is 0. The quantitative estimate of drug-likeness (QED) is 0.335. The number of alkyl halides is 1. The fourth-order valence-electron chi connectivity index (χ4n) is 0.434. The molecule has 0 aromatic heterocycles. The van der Waals surface area contributed by atoms with Crippen LogP contribution in [0.25, 0.3) is 0 Å². The lowest BCUT2D eigenvalue weighted by Crippen LogP contribution is -2.22. The van der Waals surface area contributed by atoms with Crippen molar-refractivity contribution >= 4 is 11.6 Å². The highest BCUT2D eigenvalue weighted by Gasteiger charge is 1.76. The number of rotatable bonds is 5. The molecule has 3 heteroatoms. The van der Waals surface area contributed by atoms with E-state index in [0.29, 0.717) is 12.4 Å². The Bertz CT molecular complexity index is 73.5. The maximum Gasteiger partial charge on any atom is 0.0404 e. The van der Waals surface area contributed by atoms with Gasteiger partial charge >= 0.3 is 0 Å². The Kier molecular flexibility index (Phi) is 7.91. The highest BCUT2D eigenvalue weighted by molar-refractivity contribution is 6.18. The molecule has 0 fully saturated rings. The Morgan fingerprint density at radius 2 is 2.22 bits per heavy atom. The van der Waals surface area contributed by atoms with Crippen LogP contribution in [-0.4, -0.2) is 25.5 Å². The van der Waals surface area contributed by atoms with Gasteiger partial charge in [0.05, 0.1) is 0 Å². The molecule has 0 heterocycles. The minimum atomic E-state index is 0.588. The van der Waals surface area contributed by atoms with Crippen molar-refractivity contribution in [3.8, 4) is 0 Å². The van der Waals surface area contributed by atoms with E-state index in [1.165, 1.54) is 0 Å². The second-order valence-corrected chi connectivity index (χ2v) is 1.93.